The van der Waals surface area contributed by atoms with Crippen LogP contribution in [0.5, 0.6) is 5.75 Å². The molecule has 0 radical (unpaired) electrons. The number of nitrogens with zero attached hydrogens (tertiary/aromatic N) is 6. The fourth-order valence-electron chi connectivity index (χ4n) is 4.73. The number of ether oxygens (including phenoxy) is 2. The number of rotatable bonds is 8. The quantitative estimate of drug-likeness (QED) is 0.349. The van der Waals surface area contributed by atoms with E-state index in [-0.39, 0.29) is 34.9 Å². The molecule has 15 heteroatoms. The Morgan fingerprint density at radius 1 is 1.00 bits per heavy atom. The van der Waals surface area contributed by atoms with Crippen molar-refractivity contribution in [1.29, 1.82) is 0 Å². The van der Waals surface area contributed by atoms with Crippen LogP contribution in [0.3, 0.4) is 0 Å². The summed E-state index contributed by atoms with van der Waals surface area (Å²) in [7, 11) is 4.40. The molecular weight excluding hydrogens is 558 g/mol. The number of carbonyl (C=O) groups is 4. The summed E-state index contributed by atoms with van der Waals surface area (Å²) >= 11 is 0. The molecule has 2 aromatic heterocycles. The van der Waals surface area contributed by atoms with Gasteiger partial charge in [-0.15, -0.1) is 10.2 Å². The molecule has 2 aliphatic rings. The van der Waals surface area contributed by atoms with Crippen molar-refractivity contribution in [2.45, 2.75) is 12.8 Å². The van der Waals surface area contributed by atoms with Crippen molar-refractivity contribution in [2.75, 3.05) is 58.0 Å². The van der Waals surface area contributed by atoms with Gasteiger partial charge in [0.2, 0.25) is 5.91 Å². The molecule has 1 aliphatic heterocycles. The molecule has 3 heterocycles. The van der Waals surface area contributed by atoms with Gasteiger partial charge in [-0.3, -0.25) is 19.1 Å². The maximum absolute atomic E-state index is 13.4. The number of amides is 4. The van der Waals surface area contributed by atoms with Gasteiger partial charge in [0.25, 0.3) is 11.8 Å². The van der Waals surface area contributed by atoms with Gasteiger partial charge in [0, 0.05) is 61.9 Å². The highest BCUT2D eigenvalue weighted by molar-refractivity contribution is 6.00. The van der Waals surface area contributed by atoms with Crippen molar-refractivity contribution in [3.05, 3.63) is 41.7 Å². The summed E-state index contributed by atoms with van der Waals surface area (Å²) < 4.78 is 34.2. The number of hydrogen-bond donors (Lipinski definition) is 3. The smallest absolute Gasteiger partial charge is 0.409 e. The SMILES string of the molecule is [2H]C([2H])([2H])NC(=O)c1nnc(NC(=O)C2CC2)cc1Nc1cccc(-c2cc(C(=O)N3CCN(C(=O)OC)CC3)n(C)n2)c1OC. The summed E-state index contributed by atoms with van der Waals surface area (Å²) in [5.41, 5.74) is 1.33. The fourth-order valence-corrected chi connectivity index (χ4v) is 4.73. The third-order valence-corrected chi connectivity index (χ3v) is 7.19. The van der Waals surface area contributed by atoms with E-state index in [2.05, 4.69) is 25.9 Å². The highest BCUT2D eigenvalue weighted by atomic mass is 16.5. The fraction of sp³-hybridized carbons (Fsp3) is 0.393. The average Bonchev–Trinajstić information content (AvgIpc) is 3.81. The minimum absolute atomic E-state index is 0.0567. The minimum atomic E-state index is -2.78. The van der Waals surface area contributed by atoms with Gasteiger partial charge in [0.1, 0.15) is 5.69 Å². The van der Waals surface area contributed by atoms with Gasteiger partial charge >= 0.3 is 6.09 Å². The lowest BCUT2D eigenvalue weighted by atomic mass is 10.1. The molecule has 0 atom stereocenters. The first-order valence-electron chi connectivity index (χ1n) is 15.0. The molecule has 1 saturated heterocycles. The first-order chi connectivity index (χ1) is 21.9. The van der Waals surface area contributed by atoms with Crippen LogP contribution >= 0.6 is 0 Å². The van der Waals surface area contributed by atoms with Crippen molar-refractivity contribution in [3.8, 4) is 17.0 Å². The first kappa shape index (κ1) is 25.5. The molecule has 2 fully saturated rings. The first-order valence-corrected chi connectivity index (χ1v) is 13.5. The molecule has 15 nitrogen and oxygen atoms in total. The van der Waals surface area contributed by atoms with E-state index in [1.54, 1.807) is 36.2 Å². The van der Waals surface area contributed by atoms with Crippen LogP contribution in [0.1, 0.15) is 37.9 Å². The van der Waals surface area contributed by atoms with Crippen LogP contribution < -0.4 is 20.7 Å². The zero-order chi connectivity index (χ0) is 33.2. The van der Waals surface area contributed by atoms with Crippen molar-refractivity contribution >= 4 is 41.0 Å². The highest BCUT2D eigenvalue weighted by Crippen LogP contribution is 2.38. The summed E-state index contributed by atoms with van der Waals surface area (Å²) in [5.74, 6) is -1.24. The average molecular weight is 595 g/mol. The summed E-state index contributed by atoms with van der Waals surface area (Å²) in [6.07, 6.45) is 1.09. The number of piperazine rings is 1. The molecule has 1 saturated carbocycles. The van der Waals surface area contributed by atoms with E-state index in [9.17, 15) is 19.2 Å². The van der Waals surface area contributed by atoms with Gasteiger partial charge in [-0.1, -0.05) is 6.07 Å². The number of methoxy groups -OCH3 is 2. The summed E-state index contributed by atoms with van der Waals surface area (Å²) in [5, 5.41) is 20.0. The van der Waals surface area contributed by atoms with Gasteiger partial charge in [-0.25, -0.2) is 4.79 Å². The molecule has 0 spiro atoms. The molecule has 0 bridgehead atoms. The number of aryl methyl sites for hydroxylation is 1. The summed E-state index contributed by atoms with van der Waals surface area (Å²) in [4.78, 5) is 53.6. The Hall–Kier alpha value is -5.21. The van der Waals surface area contributed by atoms with Crippen molar-refractivity contribution in [3.63, 3.8) is 0 Å². The van der Waals surface area contributed by atoms with Crippen LogP contribution in [0, 0.1) is 5.92 Å². The molecule has 1 aliphatic carbocycles. The summed E-state index contributed by atoms with van der Waals surface area (Å²) in [6.45, 7) is -1.44. The summed E-state index contributed by atoms with van der Waals surface area (Å²) in [6, 6.07) is 8.11. The van der Waals surface area contributed by atoms with Crippen LogP contribution in [0.4, 0.5) is 22.0 Å². The van der Waals surface area contributed by atoms with Crippen molar-refractivity contribution in [1.82, 2.24) is 35.1 Å². The second kappa shape index (κ2) is 12.3. The topological polar surface area (TPSA) is 173 Å². The van der Waals surface area contributed by atoms with Crippen LogP contribution in [0.25, 0.3) is 11.3 Å². The van der Waals surface area contributed by atoms with Crippen LogP contribution in [-0.2, 0) is 16.6 Å². The van der Waals surface area contributed by atoms with Gasteiger partial charge in [-0.2, -0.15) is 5.10 Å². The van der Waals surface area contributed by atoms with Crippen LogP contribution in [0.2, 0.25) is 0 Å². The zero-order valence-corrected chi connectivity index (χ0v) is 23.8. The minimum Gasteiger partial charge on any atom is -0.494 e. The van der Waals surface area contributed by atoms with Crippen LogP contribution in [-0.4, -0.2) is 101 Å². The van der Waals surface area contributed by atoms with Crippen molar-refractivity contribution in [2.24, 2.45) is 13.0 Å². The van der Waals surface area contributed by atoms with E-state index >= 15 is 0 Å². The molecule has 5 rings (SSSR count). The van der Waals surface area contributed by atoms with E-state index in [1.807, 2.05) is 5.32 Å². The van der Waals surface area contributed by atoms with Gasteiger partial charge in [0.15, 0.2) is 17.3 Å². The zero-order valence-electron chi connectivity index (χ0n) is 26.8. The Balaban J connectivity index is 1.43. The maximum Gasteiger partial charge on any atom is 0.409 e. The lowest BCUT2D eigenvalue weighted by Crippen LogP contribution is -2.50. The third kappa shape index (κ3) is 6.19. The number of carbonyl (C=O) groups excluding carboxylic acids is 4. The molecule has 3 aromatic rings. The number of nitrogens with one attached hydrogen (secondary N) is 3. The van der Waals surface area contributed by atoms with E-state index in [0.717, 1.165) is 12.8 Å². The Morgan fingerprint density at radius 2 is 1.74 bits per heavy atom. The number of aromatic nitrogens is 4. The molecule has 4 amide bonds. The van der Waals surface area contributed by atoms with E-state index in [0.29, 0.717) is 54.6 Å². The van der Waals surface area contributed by atoms with E-state index < -0.39 is 19.0 Å². The predicted octanol–water partition coefficient (Wildman–Crippen LogP) is 1.86. The van der Waals surface area contributed by atoms with Crippen molar-refractivity contribution < 1.29 is 32.8 Å². The standard InChI is InChI=1S/C28H33N9O6/c1-29-26(39)23-20(15-22(32-33-23)31-25(38)16-8-9-16)30-18-7-5-6-17(24(18)42-3)19-14-21(35(2)34-19)27(40)36-10-12-37(13-11-36)28(41)43-4/h5-7,14-16H,8-13H2,1-4H3,(H,29,39)(H2,30,31,32,38)/i1D3. The third-order valence-electron chi connectivity index (χ3n) is 7.19. The normalized spacial score (nSPS) is 15.9. The number of benzene rings is 1. The lowest BCUT2D eigenvalue weighted by Gasteiger charge is -2.33. The Labute approximate surface area is 251 Å². The van der Waals surface area contributed by atoms with E-state index in [4.69, 9.17) is 13.6 Å². The van der Waals surface area contributed by atoms with E-state index in [1.165, 1.54) is 29.9 Å². The highest BCUT2D eigenvalue weighted by Gasteiger charge is 2.31. The predicted molar refractivity (Wildman–Crippen MR) is 155 cm³/mol. The molecule has 3 N–H and O–H groups in total. The number of para-hydroxylation sites is 1. The van der Waals surface area contributed by atoms with Gasteiger partial charge in [-0.05, 0) is 31.0 Å². The number of hydrogen-bond acceptors (Lipinski definition) is 10. The lowest BCUT2D eigenvalue weighted by molar-refractivity contribution is -0.117. The molecule has 226 valence electrons. The Morgan fingerprint density at radius 3 is 2.42 bits per heavy atom. The Kier molecular flexibility index (Phi) is 7.32. The maximum atomic E-state index is 13.4. The monoisotopic (exact) mass is 594 g/mol. The molecule has 43 heavy (non-hydrogen) atoms. The molecule has 1 aromatic carbocycles. The molecular formula is C28H33N9O6. The second-order valence-electron chi connectivity index (χ2n) is 10.0. The Bertz CT molecular complexity index is 1670. The van der Waals surface area contributed by atoms with Gasteiger partial charge < -0.3 is 35.2 Å². The largest absolute Gasteiger partial charge is 0.494 e. The second-order valence-corrected chi connectivity index (χ2v) is 10.0. The molecule has 0 unspecified atom stereocenters. The number of anilines is 3. The van der Waals surface area contributed by atoms with Crippen LogP contribution in [0.15, 0.2) is 30.3 Å². The van der Waals surface area contributed by atoms with Gasteiger partial charge in [0.05, 0.1) is 31.3 Å².